The van der Waals surface area contributed by atoms with Crippen LogP contribution in [0.2, 0.25) is 0 Å². The number of pyridine rings is 1. The van der Waals surface area contributed by atoms with Crippen LogP contribution in [0.5, 0.6) is 5.88 Å². The lowest BCUT2D eigenvalue weighted by Gasteiger charge is -2.05. The lowest BCUT2D eigenvalue weighted by atomic mass is 10.2. The minimum Gasteiger partial charge on any atom is -0.478 e. The van der Waals surface area contributed by atoms with Crippen molar-refractivity contribution in [1.82, 2.24) is 4.98 Å². The van der Waals surface area contributed by atoms with Gasteiger partial charge in [0.2, 0.25) is 5.88 Å². The molecule has 2 nitrogen and oxygen atoms in total. The number of fused-ring (bicyclic) bond motifs is 1. The van der Waals surface area contributed by atoms with Gasteiger partial charge in [-0.2, -0.15) is 0 Å². The van der Waals surface area contributed by atoms with E-state index in [1.807, 2.05) is 24.4 Å². The summed E-state index contributed by atoms with van der Waals surface area (Å²) in [5.74, 6) is 0.711. The first-order valence-corrected chi connectivity index (χ1v) is 5.67. The van der Waals surface area contributed by atoms with Crippen molar-refractivity contribution in [2.24, 2.45) is 0 Å². The van der Waals surface area contributed by atoms with E-state index >= 15 is 0 Å². The molecule has 0 amide bonds. The fraction of sp³-hybridized carbons (Fsp3) is 0.286. The van der Waals surface area contributed by atoms with Gasteiger partial charge >= 0.3 is 0 Å². The Morgan fingerprint density at radius 1 is 1.12 bits per heavy atom. The standard InChI is InChI=1S/C14H16NO/c1-2-3-6-9-16-14-10-12-7-4-5-8-13(12)11-15-14/h4-5,7-8,10-11H,1-3,6,9H2. The summed E-state index contributed by atoms with van der Waals surface area (Å²) < 4.78 is 5.58. The molecule has 0 aliphatic rings. The molecule has 2 heteroatoms. The second-order valence-electron chi connectivity index (χ2n) is 3.78. The van der Waals surface area contributed by atoms with Crippen LogP contribution in [-0.2, 0) is 0 Å². The van der Waals surface area contributed by atoms with E-state index in [1.165, 1.54) is 5.39 Å². The van der Waals surface area contributed by atoms with Gasteiger partial charge in [-0.05, 0) is 11.8 Å². The zero-order chi connectivity index (χ0) is 11.2. The highest BCUT2D eigenvalue weighted by Gasteiger charge is 1.97. The van der Waals surface area contributed by atoms with Gasteiger partial charge in [0.25, 0.3) is 0 Å². The van der Waals surface area contributed by atoms with Gasteiger partial charge in [0.05, 0.1) is 6.61 Å². The van der Waals surface area contributed by atoms with Crippen LogP contribution in [0.15, 0.2) is 36.5 Å². The fourth-order valence-electron chi connectivity index (χ4n) is 1.60. The van der Waals surface area contributed by atoms with Crippen molar-refractivity contribution in [3.8, 4) is 5.88 Å². The van der Waals surface area contributed by atoms with Gasteiger partial charge < -0.3 is 4.74 Å². The molecule has 0 bridgehead atoms. The third-order valence-electron chi connectivity index (χ3n) is 2.50. The van der Waals surface area contributed by atoms with Gasteiger partial charge in [-0.15, -0.1) is 0 Å². The third kappa shape index (κ3) is 2.72. The van der Waals surface area contributed by atoms with Gasteiger partial charge in [-0.25, -0.2) is 4.98 Å². The zero-order valence-corrected chi connectivity index (χ0v) is 9.36. The van der Waals surface area contributed by atoms with Crippen LogP contribution < -0.4 is 4.74 Å². The highest BCUT2D eigenvalue weighted by atomic mass is 16.5. The molecule has 1 heterocycles. The largest absolute Gasteiger partial charge is 0.478 e. The molecule has 0 atom stereocenters. The van der Waals surface area contributed by atoms with Crippen LogP contribution in [0.4, 0.5) is 0 Å². The summed E-state index contributed by atoms with van der Waals surface area (Å²) in [5, 5.41) is 2.32. The van der Waals surface area contributed by atoms with E-state index in [2.05, 4.69) is 24.0 Å². The van der Waals surface area contributed by atoms with Crippen molar-refractivity contribution < 1.29 is 4.74 Å². The Hall–Kier alpha value is -1.57. The molecule has 2 rings (SSSR count). The Bertz CT molecular complexity index is 453. The molecule has 83 valence electrons. The molecule has 0 N–H and O–H groups in total. The van der Waals surface area contributed by atoms with Crippen molar-refractivity contribution in [3.05, 3.63) is 43.5 Å². The number of hydrogen-bond acceptors (Lipinski definition) is 2. The van der Waals surface area contributed by atoms with Crippen molar-refractivity contribution in [1.29, 1.82) is 0 Å². The van der Waals surface area contributed by atoms with E-state index in [1.54, 1.807) is 0 Å². The summed E-state index contributed by atoms with van der Waals surface area (Å²) in [6, 6.07) is 10.1. The van der Waals surface area contributed by atoms with Gasteiger partial charge in [-0.3, -0.25) is 0 Å². The Balaban J connectivity index is 2.02. The number of aromatic nitrogens is 1. The highest BCUT2D eigenvalue weighted by molar-refractivity contribution is 5.82. The molecule has 0 saturated carbocycles. The smallest absolute Gasteiger partial charge is 0.213 e. The Morgan fingerprint density at radius 2 is 1.94 bits per heavy atom. The predicted molar refractivity (Wildman–Crippen MR) is 66.4 cm³/mol. The molecule has 1 aromatic carbocycles. The summed E-state index contributed by atoms with van der Waals surface area (Å²) in [6.45, 7) is 4.52. The number of nitrogens with zero attached hydrogens (tertiary/aromatic N) is 1. The molecule has 2 aromatic rings. The molecule has 0 fully saturated rings. The molecule has 0 spiro atoms. The summed E-state index contributed by atoms with van der Waals surface area (Å²) in [7, 11) is 0. The molecular weight excluding hydrogens is 198 g/mol. The van der Waals surface area contributed by atoms with E-state index in [4.69, 9.17) is 4.74 Å². The molecule has 1 aromatic heterocycles. The third-order valence-corrected chi connectivity index (χ3v) is 2.50. The van der Waals surface area contributed by atoms with Crippen LogP contribution in [-0.4, -0.2) is 11.6 Å². The maximum absolute atomic E-state index is 5.58. The first-order chi connectivity index (χ1) is 7.90. The Labute approximate surface area is 96.3 Å². The monoisotopic (exact) mass is 214 g/mol. The highest BCUT2D eigenvalue weighted by Crippen LogP contribution is 2.17. The van der Waals surface area contributed by atoms with Crippen molar-refractivity contribution >= 4 is 10.8 Å². The van der Waals surface area contributed by atoms with Crippen LogP contribution >= 0.6 is 0 Å². The number of rotatable bonds is 5. The second-order valence-corrected chi connectivity index (χ2v) is 3.78. The van der Waals surface area contributed by atoms with E-state index in [9.17, 15) is 0 Å². The van der Waals surface area contributed by atoms with Gasteiger partial charge in [-0.1, -0.05) is 44.0 Å². The van der Waals surface area contributed by atoms with E-state index in [-0.39, 0.29) is 0 Å². The molecule has 0 unspecified atom stereocenters. The Morgan fingerprint density at radius 3 is 2.75 bits per heavy atom. The summed E-state index contributed by atoms with van der Waals surface area (Å²) in [5.41, 5.74) is 0. The van der Waals surface area contributed by atoms with Gasteiger partial charge in [0.15, 0.2) is 0 Å². The first kappa shape index (κ1) is 10.9. The predicted octanol–water partition coefficient (Wildman–Crippen LogP) is 3.62. The average Bonchev–Trinajstić information content (AvgIpc) is 2.34. The van der Waals surface area contributed by atoms with Crippen molar-refractivity contribution in [2.75, 3.05) is 6.61 Å². The minimum absolute atomic E-state index is 0.711. The lowest BCUT2D eigenvalue weighted by Crippen LogP contribution is -1.98. The first-order valence-electron chi connectivity index (χ1n) is 5.67. The normalized spacial score (nSPS) is 10.6. The summed E-state index contributed by atoms with van der Waals surface area (Å²) >= 11 is 0. The van der Waals surface area contributed by atoms with Crippen molar-refractivity contribution in [2.45, 2.75) is 19.3 Å². The fourth-order valence-corrected chi connectivity index (χ4v) is 1.60. The SMILES string of the molecule is [CH2]CCCCOc1cc2ccccc2cn1. The second kappa shape index (κ2) is 5.50. The molecule has 16 heavy (non-hydrogen) atoms. The number of ether oxygens (including phenoxy) is 1. The quantitative estimate of drug-likeness (QED) is 0.709. The number of unbranched alkanes of at least 4 members (excludes halogenated alkanes) is 2. The van der Waals surface area contributed by atoms with Crippen LogP contribution in [0.1, 0.15) is 19.3 Å². The lowest BCUT2D eigenvalue weighted by molar-refractivity contribution is 0.296. The van der Waals surface area contributed by atoms with E-state index in [0.29, 0.717) is 5.88 Å². The molecular formula is C14H16NO. The average molecular weight is 214 g/mol. The van der Waals surface area contributed by atoms with E-state index < -0.39 is 0 Å². The van der Waals surface area contributed by atoms with E-state index in [0.717, 1.165) is 31.3 Å². The molecule has 0 aliphatic carbocycles. The van der Waals surface area contributed by atoms with Gasteiger partial charge in [0.1, 0.15) is 0 Å². The zero-order valence-electron chi connectivity index (χ0n) is 9.36. The Kier molecular flexibility index (Phi) is 3.76. The maximum atomic E-state index is 5.58. The summed E-state index contributed by atoms with van der Waals surface area (Å²) in [4.78, 5) is 4.27. The molecule has 0 saturated heterocycles. The van der Waals surface area contributed by atoms with Crippen LogP contribution in [0.3, 0.4) is 0 Å². The van der Waals surface area contributed by atoms with Gasteiger partial charge in [0, 0.05) is 17.6 Å². The molecule has 1 radical (unpaired) electrons. The topological polar surface area (TPSA) is 22.1 Å². The number of hydrogen-bond donors (Lipinski definition) is 0. The maximum Gasteiger partial charge on any atom is 0.213 e. The minimum atomic E-state index is 0.711. The van der Waals surface area contributed by atoms with Crippen LogP contribution in [0, 0.1) is 6.92 Å². The van der Waals surface area contributed by atoms with Crippen molar-refractivity contribution in [3.63, 3.8) is 0 Å². The summed E-state index contributed by atoms with van der Waals surface area (Å²) in [6.07, 6.45) is 4.96. The molecule has 0 aliphatic heterocycles. The number of benzene rings is 1. The van der Waals surface area contributed by atoms with Crippen LogP contribution in [0.25, 0.3) is 10.8 Å².